The predicted octanol–water partition coefficient (Wildman–Crippen LogP) is 2.20. The molecule has 2 aromatic heterocycles. The summed E-state index contributed by atoms with van der Waals surface area (Å²) in [6.45, 7) is 1.86. The average Bonchev–Trinajstić information content (AvgIpc) is 3.10. The lowest BCUT2D eigenvalue weighted by Gasteiger charge is -2.13. The number of methoxy groups -OCH3 is 1. The number of hydrogen-bond acceptors (Lipinski definition) is 5. The van der Waals surface area contributed by atoms with Crippen molar-refractivity contribution in [1.29, 1.82) is 0 Å². The molecule has 7 nitrogen and oxygen atoms in total. The first kappa shape index (κ1) is 17.5. The Balaban J connectivity index is 1.55. The first-order valence-electron chi connectivity index (χ1n) is 8.12. The molecule has 3 rings (SSSR count). The molecule has 1 unspecified atom stereocenters. The van der Waals surface area contributed by atoms with Gasteiger partial charge < -0.3 is 19.2 Å². The van der Waals surface area contributed by atoms with Gasteiger partial charge in [-0.15, -0.1) is 0 Å². The number of hydrogen-bond donors (Lipinski definition) is 1. The number of rotatable bonds is 6. The van der Waals surface area contributed by atoms with Crippen LogP contribution in [0.25, 0.3) is 5.65 Å². The SMILES string of the molecule is COc1ccc(CNC(=O)C(C)OC(=O)c2cn3ccccc3n2)cc1. The number of ether oxygens (including phenoxy) is 2. The molecule has 7 heteroatoms. The molecule has 2 heterocycles. The number of amides is 1. The third kappa shape index (κ3) is 4.00. The maximum atomic E-state index is 12.2. The van der Waals surface area contributed by atoms with Crippen molar-refractivity contribution < 1.29 is 19.1 Å². The van der Waals surface area contributed by atoms with E-state index in [-0.39, 0.29) is 11.6 Å². The van der Waals surface area contributed by atoms with Crippen LogP contribution in [-0.4, -0.2) is 34.5 Å². The van der Waals surface area contributed by atoms with Gasteiger partial charge in [-0.2, -0.15) is 0 Å². The van der Waals surface area contributed by atoms with Crippen molar-refractivity contribution in [3.8, 4) is 5.75 Å². The average molecular weight is 353 g/mol. The fourth-order valence-electron chi connectivity index (χ4n) is 2.38. The minimum atomic E-state index is -0.925. The molecule has 0 radical (unpaired) electrons. The van der Waals surface area contributed by atoms with Gasteiger partial charge in [-0.3, -0.25) is 4.79 Å². The predicted molar refractivity (Wildman–Crippen MR) is 94.9 cm³/mol. The molecule has 1 aromatic carbocycles. The highest BCUT2D eigenvalue weighted by Gasteiger charge is 2.20. The Morgan fingerprint density at radius 3 is 2.65 bits per heavy atom. The van der Waals surface area contributed by atoms with E-state index in [1.807, 2.05) is 36.4 Å². The standard InChI is InChI=1S/C19H19N3O4/c1-13(18(23)20-11-14-6-8-15(25-2)9-7-14)26-19(24)16-12-22-10-4-3-5-17(22)21-16/h3-10,12-13H,11H2,1-2H3,(H,20,23). The van der Waals surface area contributed by atoms with Crippen LogP contribution in [0.2, 0.25) is 0 Å². The Labute approximate surface area is 150 Å². The minimum absolute atomic E-state index is 0.158. The van der Waals surface area contributed by atoms with Crippen LogP contribution in [0.1, 0.15) is 23.0 Å². The molecule has 3 aromatic rings. The van der Waals surface area contributed by atoms with Crippen LogP contribution in [0.4, 0.5) is 0 Å². The molecule has 0 aliphatic rings. The topological polar surface area (TPSA) is 81.9 Å². The Hall–Kier alpha value is -3.35. The quantitative estimate of drug-likeness (QED) is 0.687. The van der Waals surface area contributed by atoms with E-state index in [0.29, 0.717) is 12.2 Å². The molecule has 0 saturated heterocycles. The summed E-state index contributed by atoms with van der Waals surface area (Å²) in [7, 11) is 1.59. The Morgan fingerprint density at radius 2 is 1.96 bits per heavy atom. The van der Waals surface area contributed by atoms with Crippen molar-refractivity contribution >= 4 is 17.5 Å². The fraction of sp³-hybridized carbons (Fsp3) is 0.211. The van der Waals surface area contributed by atoms with Gasteiger partial charge in [-0.25, -0.2) is 9.78 Å². The first-order valence-corrected chi connectivity index (χ1v) is 8.12. The molecule has 0 saturated carbocycles. The van der Waals surface area contributed by atoms with Gasteiger partial charge in [0.05, 0.1) is 7.11 Å². The number of nitrogens with zero attached hydrogens (tertiary/aromatic N) is 2. The van der Waals surface area contributed by atoms with E-state index in [4.69, 9.17) is 9.47 Å². The highest BCUT2D eigenvalue weighted by Crippen LogP contribution is 2.11. The maximum absolute atomic E-state index is 12.2. The molecule has 0 bridgehead atoms. The summed E-state index contributed by atoms with van der Waals surface area (Å²) < 4.78 is 12.0. The molecular formula is C19H19N3O4. The van der Waals surface area contributed by atoms with E-state index < -0.39 is 12.1 Å². The van der Waals surface area contributed by atoms with Crippen molar-refractivity contribution in [2.45, 2.75) is 19.6 Å². The van der Waals surface area contributed by atoms with E-state index in [0.717, 1.165) is 11.3 Å². The molecule has 1 amide bonds. The number of carbonyl (C=O) groups excluding carboxylic acids is 2. The highest BCUT2D eigenvalue weighted by molar-refractivity contribution is 5.91. The second-order valence-electron chi connectivity index (χ2n) is 5.71. The lowest BCUT2D eigenvalue weighted by molar-refractivity contribution is -0.129. The van der Waals surface area contributed by atoms with Crippen LogP contribution in [-0.2, 0) is 16.1 Å². The van der Waals surface area contributed by atoms with Crippen LogP contribution >= 0.6 is 0 Å². The van der Waals surface area contributed by atoms with Gasteiger partial charge in [0.2, 0.25) is 0 Å². The molecule has 134 valence electrons. The summed E-state index contributed by atoms with van der Waals surface area (Å²) in [6.07, 6.45) is 2.43. The number of carbonyl (C=O) groups is 2. The minimum Gasteiger partial charge on any atom is -0.497 e. The van der Waals surface area contributed by atoms with Gasteiger partial charge in [0, 0.05) is 18.9 Å². The van der Waals surface area contributed by atoms with Crippen LogP contribution in [0, 0.1) is 0 Å². The van der Waals surface area contributed by atoms with Crippen LogP contribution < -0.4 is 10.1 Å². The Kier molecular flexibility index (Phi) is 5.17. The molecule has 26 heavy (non-hydrogen) atoms. The number of pyridine rings is 1. The number of fused-ring (bicyclic) bond motifs is 1. The van der Waals surface area contributed by atoms with E-state index in [1.165, 1.54) is 6.92 Å². The summed E-state index contributed by atoms with van der Waals surface area (Å²) in [5.74, 6) is -0.270. The summed E-state index contributed by atoms with van der Waals surface area (Å²) in [5, 5.41) is 2.74. The first-order chi connectivity index (χ1) is 12.6. The highest BCUT2D eigenvalue weighted by atomic mass is 16.5. The molecule has 0 spiro atoms. The summed E-state index contributed by atoms with van der Waals surface area (Å²) >= 11 is 0. The van der Waals surface area contributed by atoms with E-state index >= 15 is 0 Å². The van der Waals surface area contributed by atoms with Gasteiger partial charge >= 0.3 is 5.97 Å². The zero-order valence-electron chi connectivity index (χ0n) is 14.5. The lowest BCUT2D eigenvalue weighted by atomic mass is 10.2. The van der Waals surface area contributed by atoms with Gasteiger partial charge in [0.25, 0.3) is 5.91 Å². The lowest BCUT2D eigenvalue weighted by Crippen LogP contribution is -2.35. The smallest absolute Gasteiger partial charge is 0.359 e. The number of aromatic nitrogens is 2. The second kappa shape index (κ2) is 7.69. The fourth-order valence-corrected chi connectivity index (χ4v) is 2.38. The number of nitrogens with one attached hydrogen (secondary N) is 1. The van der Waals surface area contributed by atoms with Crippen molar-refractivity contribution in [3.05, 3.63) is 66.1 Å². The molecular weight excluding hydrogens is 334 g/mol. The van der Waals surface area contributed by atoms with Crippen molar-refractivity contribution in [2.24, 2.45) is 0 Å². The van der Waals surface area contributed by atoms with Gasteiger partial charge in [0.1, 0.15) is 11.4 Å². The molecule has 1 N–H and O–H groups in total. The van der Waals surface area contributed by atoms with Gasteiger partial charge in [-0.05, 0) is 36.8 Å². The molecule has 1 atom stereocenters. The van der Waals surface area contributed by atoms with E-state index in [9.17, 15) is 9.59 Å². The van der Waals surface area contributed by atoms with Crippen molar-refractivity contribution in [3.63, 3.8) is 0 Å². The second-order valence-corrected chi connectivity index (χ2v) is 5.71. The largest absolute Gasteiger partial charge is 0.497 e. The Bertz CT molecular complexity index is 885. The van der Waals surface area contributed by atoms with Crippen LogP contribution in [0.15, 0.2) is 54.9 Å². The normalized spacial score (nSPS) is 11.8. The third-order valence-corrected chi connectivity index (χ3v) is 3.85. The number of benzene rings is 1. The van der Waals surface area contributed by atoms with Crippen molar-refractivity contribution in [1.82, 2.24) is 14.7 Å². The van der Waals surface area contributed by atoms with Crippen LogP contribution in [0.3, 0.4) is 0 Å². The third-order valence-electron chi connectivity index (χ3n) is 3.85. The molecule has 0 fully saturated rings. The summed E-state index contributed by atoms with van der Waals surface area (Å²) in [5.41, 5.74) is 1.71. The Morgan fingerprint density at radius 1 is 1.19 bits per heavy atom. The molecule has 0 aliphatic carbocycles. The number of imidazole rings is 1. The molecule has 0 aliphatic heterocycles. The zero-order valence-corrected chi connectivity index (χ0v) is 14.5. The number of esters is 1. The van der Waals surface area contributed by atoms with E-state index in [2.05, 4.69) is 10.3 Å². The monoisotopic (exact) mass is 353 g/mol. The van der Waals surface area contributed by atoms with Crippen molar-refractivity contribution in [2.75, 3.05) is 7.11 Å². The summed E-state index contributed by atoms with van der Waals surface area (Å²) in [6, 6.07) is 12.8. The zero-order chi connectivity index (χ0) is 18.5. The van der Waals surface area contributed by atoms with Gasteiger partial charge in [-0.1, -0.05) is 18.2 Å². The van der Waals surface area contributed by atoms with Crippen LogP contribution in [0.5, 0.6) is 5.75 Å². The maximum Gasteiger partial charge on any atom is 0.359 e. The van der Waals surface area contributed by atoms with Gasteiger partial charge in [0.15, 0.2) is 11.8 Å². The van der Waals surface area contributed by atoms with E-state index in [1.54, 1.807) is 30.0 Å². The summed E-state index contributed by atoms with van der Waals surface area (Å²) in [4.78, 5) is 28.5.